The van der Waals surface area contributed by atoms with Gasteiger partial charge in [-0.1, -0.05) is 6.08 Å². The minimum absolute atomic E-state index is 0.363. The molecular formula is C21H19F3N6. The van der Waals surface area contributed by atoms with Crippen molar-refractivity contribution in [3.05, 3.63) is 54.0 Å². The summed E-state index contributed by atoms with van der Waals surface area (Å²) < 4.78 is 40.5. The van der Waals surface area contributed by atoms with Gasteiger partial charge in [0.25, 0.3) is 0 Å². The zero-order valence-corrected chi connectivity index (χ0v) is 16.0. The van der Waals surface area contributed by atoms with Crippen LogP contribution in [0.5, 0.6) is 0 Å². The standard InChI is InChI=1S/C21H19F3N6/c22-21(23,24)18-3-4-19-27-12-17(30(19)28-18)14-6-8-26-20(10-14)29-9-1-2-16(13-29)15-5-7-25-11-15/h3-6,8,10-12,16H,1-2,7,9,13H2. The molecule has 6 nitrogen and oxygen atoms in total. The highest BCUT2D eigenvalue weighted by Crippen LogP contribution is 2.31. The fourth-order valence-corrected chi connectivity index (χ4v) is 4.07. The Hall–Kier alpha value is -3.23. The maximum absolute atomic E-state index is 13.1. The number of fused-ring (bicyclic) bond motifs is 1. The lowest BCUT2D eigenvalue weighted by Crippen LogP contribution is -2.36. The molecule has 0 radical (unpaired) electrons. The average molecular weight is 412 g/mol. The molecule has 30 heavy (non-hydrogen) atoms. The Balaban J connectivity index is 1.47. The van der Waals surface area contributed by atoms with E-state index in [2.05, 4.69) is 31.0 Å². The van der Waals surface area contributed by atoms with Gasteiger partial charge in [-0.25, -0.2) is 14.5 Å². The van der Waals surface area contributed by atoms with Gasteiger partial charge in [0.1, 0.15) is 5.82 Å². The second-order valence-corrected chi connectivity index (χ2v) is 7.52. The van der Waals surface area contributed by atoms with Gasteiger partial charge in [0.05, 0.1) is 18.4 Å². The molecule has 0 saturated carbocycles. The van der Waals surface area contributed by atoms with E-state index in [1.54, 1.807) is 18.5 Å². The molecule has 3 aromatic heterocycles. The number of halogens is 3. The number of alkyl halides is 3. The number of nitrogens with zero attached hydrogens (tertiary/aromatic N) is 6. The third-order valence-electron chi connectivity index (χ3n) is 5.58. The first-order valence-corrected chi connectivity index (χ1v) is 9.82. The highest BCUT2D eigenvalue weighted by Gasteiger charge is 2.33. The summed E-state index contributed by atoms with van der Waals surface area (Å²) >= 11 is 0. The van der Waals surface area contributed by atoms with Crippen molar-refractivity contribution in [2.45, 2.75) is 19.0 Å². The third-order valence-corrected chi connectivity index (χ3v) is 5.58. The van der Waals surface area contributed by atoms with E-state index in [1.165, 1.54) is 16.2 Å². The van der Waals surface area contributed by atoms with Gasteiger partial charge in [-0.2, -0.15) is 18.3 Å². The van der Waals surface area contributed by atoms with Crippen molar-refractivity contribution in [3.63, 3.8) is 0 Å². The van der Waals surface area contributed by atoms with Crippen molar-refractivity contribution < 1.29 is 13.2 Å². The van der Waals surface area contributed by atoms with Gasteiger partial charge in [-0.05, 0) is 42.7 Å². The van der Waals surface area contributed by atoms with E-state index >= 15 is 0 Å². The number of aromatic nitrogens is 4. The summed E-state index contributed by atoms with van der Waals surface area (Å²) in [7, 11) is 0. The molecule has 2 aliphatic heterocycles. The zero-order valence-electron chi connectivity index (χ0n) is 16.0. The number of imidazole rings is 1. The molecule has 0 N–H and O–H groups in total. The normalized spacial score (nSPS) is 19.5. The van der Waals surface area contributed by atoms with Gasteiger partial charge >= 0.3 is 6.18 Å². The molecule has 1 unspecified atom stereocenters. The van der Waals surface area contributed by atoms with Crippen LogP contribution in [0.1, 0.15) is 18.5 Å². The van der Waals surface area contributed by atoms with E-state index in [0.29, 0.717) is 17.3 Å². The van der Waals surface area contributed by atoms with Crippen LogP contribution in [0.3, 0.4) is 0 Å². The number of hydrogen-bond acceptors (Lipinski definition) is 5. The van der Waals surface area contributed by atoms with Gasteiger partial charge < -0.3 is 4.90 Å². The van der Waals surface area contributed by atoms with Crippen molar-refractivity contribution in [3.8, 4) is 11.3 Å². The summed E-state index contributed by atoms with van der Waals surface area (Å²) in [5, 5.41) is 3.76. The van der Waals surface area contributed by atoms with E-state index in [9.17, 15) is 13.2 Å². The van der Waals surface area contributed by atoms with E-state index in [0.717, 1.165) is 49.9 Å². The second kappa shape index (κ2) is 7.23. The van der Waals surface area contributed by atoms with Gasteiger partial charge in [-0.15, -0.1) is 0 Å². The van der Waals surface area contributed by atoms with Gasteiger partial charge in [0, 0.05) is 37.0 Å². The van der Waals surface area contributed by atoms with Crippen LogP contribution in [0.4, 0.5) is 19.0 Å². The van der Waals surface area contributed by atoms with E-state index in [-0.39, 0.29) is 0 Å². The van der Waals surface area contributed by atoms with Crippen LogP contribution in [-0.4, -0.2) is 45.4 Å². The molecule has 0 amide bonds. The average Bonchev–Trinajstić information content (AvgIpc) is 3.43. The Morgan fingerprint density at radius 1 is 1.10 bits per heavy atom. The Kier molecular flexibility index (Phi) is 4.52. The summed E-state index contributed by atoms with van der Waals surface area (Å²) in [5.74, 6) is 1.22. The topological polar surface area (TPSA) is 58.7 Å². The molecule has 0 bridgehead atoms. The van der Waals surface area contributed by atoms with Crippen LogP contribution in [0, 0.1) is 5.92 Å². The van der Waals surface area contributed by atoms with Crippen molar-refractivity contribution in [2.75, 3.05) is 24.5 Å². The molecule has 0 aromatic carbocycles. The molecular weight excluding hydrogens is 393 g/mol. The number of pyridine rings is 1. The van der Waals surface area contributed by atoms with E-state index in [1.807, 2.05) is 12.3 Å². The molecule has 154 valence electrons. The molecule has 9 heteroatoms. The van der Waals surface area contributed by atoms with Gasteiger partial charge in [0.2, 0.25) is 0 Å². The number of hydrogen-bond donors (Lipinski definition) is 0. The van der Waals surface area contributed by atoms with Crippen molar-refractivity contribution in [1.82, 2.24) is 19.6 Å². The predicted octanol–water partition coefficient (Wildman–Crippen LogP) is 4.04. The SMILES string of the molecule is FC(F)(F)c1ccc2ncc(-c3ccnc(N4CCCC(C5=CCN=C5)C4)c3)n2n1. The molecule has 1 saturated heterocycles. The minimum Gasteiger partial charge on any atom is -0.356 e. The first-order chi connectivity index (χ1) is 14.5. The minimum atomic E-state index is -4.51. The first-order valence-electron chi connectivity index (χ1n) is 9.82. The molecule has 0 spiro atoms. The molecule has 1 atom stereocenters. The molecule has 5 rings (SSSR count). The Morgan fingerprint density at radius 3 is 2.80 bits per heavy atom. The lowest BCUT2D eigenvalue weighted by Gasteiger charge is -2.34. The Bertz CT molecular complexity index is 1150. The summed E-state index contributed by atoms with van der Waals surface area (Å²) in [5.41, 5.74) is 1.92. The molecule has 0 aliphatic carbocycles. The van der Waals surface area contributed by atoms with Crippen LogP contribution in [0.2, 0.25) is 0 Å². The molecule has 1 fully saturated rings. The summed E-state index contributed by atoms with van der Waals surface area (Å²) in [6.45, 7) is 2.49. The fraction of sp³-hybridized carbons (Fsp3) is 0.333. The highest BCUT2D eigenvalue weighted by molar-refractivity contribution is 5.81. The van der Waals surface area contributed by atoms with Crippen molar-refractivity contribution in [1.29, 1.82) is 0 Å². The van der Waals surface area contributed by atoms with Crippen LogP contribution in [0.25, 0.3) is 16.9 Å². The van der Waals surface area contributed by atoms with Gasteiger partial charge in [-0.3, -0.25) is 4.99 Å². The van der Waals surface area contributed by atoms with E-state index in [4.69, 9.17) is 0 Å². The first kappa shape index (κ1) is 18.8. The van der Waals surface area contributed by atoms with Crippen LogP contribution < -0.4 is 4.90 Å². The quantitative estimate of drug-likeness (QED) is 0.652. The summed E-state index contributed by atoms with van der Waals surface area (Å²) in [6.07, 6.45) is 5.00. The van der Waals surface area contributed by atoms with Crippen LogP contribution in [-0.2, 0) is 6.18 Å². The Morgan fingerprint density at radius 2 is 2.00 bits per heavy atom. The monoisotopic (exact) mass is 412 g/mol. The number of aliphatic imine (C=N–C) groups is 1. The summed E-state index contributed by atoms with van der Waals surface area (Å²) in [6, 6.07) is 5.93. The molecule has 3 aromatic rings. The van der Waals surface area contributed by atoms with Crippen molar-refractivity contribution >= 4 is 17.7 Å². The van der Waals surface area contributed by atoms with Gasteiger partial charge in [0.15, 0.2) is 11.3 Å². The second-order valence-electron chi connectivity index (χ2n) is 7.52. The maximum atomic E-state index is 13.1. The highest BCUT2D eigenvalue weighted by atomic mass is 19.4. The van der Waals surface area contributed by atoms with Crippen molar-refractivity contribution in [2.24, 2.45) is 10.9 Å². The number of rotatable bonds is 3. The third kappa shape index (κ3) is 3.44. The fourth-order valence-electron chi connectivity index (χ4n) is 4.07. The lowest BCUT2D eigenvalue weighted by atomic mass is 9.91. The number of piperidine rings is 1. The lowest BCUT2D eigenvalue weighted by molar-refractivity contribution is -0.141. The number of anilines is 1. The molecule has 5 heterocycles. The zero-order chi connectivity index (χ0) is 20.7. The Labute approximate surface area is 170 Å². The predicted molar refractivity (Wildman–Crippen MR) is 108 cm³/mol. The molecule has 2 aliphatic rings. The van der Waals surface area contributed by atoms with Crippen LogP contribution >= 0.6 is 0 Å². The van der Waals surface area contributed by atoms with E-state index < -0.39 is 11.9 Å². The van der Waals surface area contributed by atoms with Crippen LogP contribution in [0.15, 0.2) is 53.3 Å². The maximum Gasteiger partial charge on any atom is 0.435 e. The summed E-state index contributed by atoms with van der Waals surface area (Å²) in [4.78, 5) is 15.2. The smallest absolute Gasteiger partial charge is 0.356 e. The largest absolute Gasteiger partial charge is 0.435 e.